The van der Waals surface area contributed by atoms with Crippen molar-refractivity contribution in [3.05, 3.63) is 82.5 Å². The molecular weight excluding hydrogens is 340 g/mol. The van der Waals surface area contributed by atoms with Crippen molar-refractivity contribution in [2.75, 3.05) is 0 Å². The molecule has 27 heavy (non-hydrogen) atoms. The van der Waals surface area contributed by atoms with Crippen LogP contribution in [0.25, 0.3) is 0 Å². The van der Waals surface area contributed by atoms with Crippen molar-refractivity contribution in [1.29, 1.82) is 0 Å². The lowest BCUT2D eigenvalue weighted by Crippen LogP contribution is -2.63. The lowest BCUT2D eigenvalue weighted by Gasteiger charge is -2.44. The van der Waals surface area contributed by atoms with Gasteiger partial charge in [-0.05, 0) is 62.0 Å². The maximum absolute atomic E-state index is 3.95. The third-order valence-corrected chi connectivity index (χ3v) is 12.5. The molecule has 0 saturated carbocycles. The number of hydrogen-bond acceptors (Lipinski definition) is 0. The van der Waals surface area contributed by atoms with Gasteiger partial charge in [-0.1, -0.05) is 91.8 Å². The van der Waals surface area contributed by atoms with E-state index in [1.54, 1.807) is 5.19 Å². The monoisotopic (exact) mass is 373 g/mol. The van der Waals surface area contributed by atoms with Crippen LogP contribution in [-0.4, -0.2) is 8.07 Å². The molecule has 2 aromatic rings. The maximum Gasteiger partial charge on any atom is 0.129 e. The molecule has 1 aliphatic carbocycles. The average molecular weight is 374 g/mol. The van der Waals surface area contributed by atoms with Crippen molar-refractivity contribution in [3.8, 4) is 0 Å². The van der Waals surface area contributed by atoms with Gasteiger partial charge < -0.3 is 0 Å². The number of allylic oxidation sites excluding steroid dienone is 4. The fraction of sp³-hybridized carbons (Fsp3) is 0.385. The van der Waals surface area contributed by atoms with Gasteiger partial charge in [0.2, 0.25) is 0 Å². The van der Waals surface area contributed by atoms with E-state index in [9.17, 15) is 0 Å². The molecule has 0 fully saturated rings. The molecular formula is C26H33Si. The molecule has 2 atom stereocenters. The summed E-state index contributed by atoms with van der Waals surface area (Å²) in [7, 11) is -2.12. The van der Waals surface area contributed by atoms with E-state index in [0.29, 0.717) is 0 Å². The SMILES string of the molecule is CCc1cc(CC)cc([Si](C)(c2ccccc2)C2(C)[C]=C(C)C(C)=C2C)c1. The van der Waals surface area contributed by atoms with Gasteiger partial charge in [0, 0.05) is 5.04 Å². The van der Waals surface area contributed by atoms with Crippen LogP contribution < -0.4 is 10.4 Å². The van der Waals surface area contributed by atoms with Crippen LogP contribution >= 0.6 is 0 Å². The van der Waals surface area contributed by atoms with Crippen LogP contribution in [0.15, 0.2) is 65.3 Å². The van der Waals surface area contributed by atoms with Crippen LogP contribution in [0.4, 0.5) is 0 Å². The van der Waals surface area contributed by atoms with Gasteiger partial charge in [0.1, 0.15) is 8.07 Å². The summed E-state index contributed by atoms with van der Waals surface area (Å²) in [5, 5.41) is 3.01. The Labute approximate surface area is 167 Å². The smallest absolute Gasteiger partial charge is 0.0625 e. The normalized spacial score (nSPS) is 22.0. The standard InChI is InChI=1S/C26H33Si/c1-8-22-15-23(9-2)17-25(16-22)27(7,24-13-11-10-12-14-24)26(6)18-19(3)20(4)21(26)5/h10-17H,8-9H2,1-7H3. The van der Waals surface area contributed by atoms with E-state index in [1.165, 1.54) is 33.0 Å². The van der Waals surface area contributed by atoms with Crippen LogP contribution in [0.1, 0.15) is 52.7 Å². The highest BCUT2D eigenvalue weighted by Crippen LogP contribution is 2.52. The van der Waals surface area contributed by atoms with Gasteiger partial charge in [-0.15, -0.1) is 0 Å². The van der Waals surface area contributed by atoms with Crippen LogP contribution in [0.3, 0.4) is 0 Å². The molecule has 2 aromatic carbocycles. The topological polar surface area (TPSA) is 0 Å². The second-order valence-corrected chi connectivity index (χ2v) is 12.8. The largest absolute Gasteiger partial charge is 0.129 e. The molecule has 0 bridgehead atoms. The number of benzene rings is 2. The second-order valence-electron chi connectivity index (χ2n) is 8.36. The lowest BCUT2D eigenvalue weighted by atomic mass is 10.0. The third-order valence-electron chi connectivity index (χ3n) is 7.11. The second kappa shape index (κ2) is 7.28. The zero-order chi connectivity index (χ0) is 19.8. The molecule has 0 spiro atoms. The molecule has 0 saturated heterocycles. The molecule has 1 radical (unpaired) electrons. The van der Waals surface area contributed by atoms with E-state index < -0.39 is 8.07 Å². The predicted octanol–water partition coefficient (Wildman–Crippen LogP) is 5.86. The first-order valence-corrected chi connectivity index (χ1v) is 12.8. The first kappa shape index (κ1) is 19.9. The van der Waals surface area contributed by atoms with Gasteiger partial charge in [-0.2, -0.15) is 0 Å². The summed E-state index contributed by atoms with van der Waals surface area (Å²) >= 11 is 0. The average Bonchev–Trinajstić information content (AvgIpc) is 2.91. The fourth-order valence-electron chi connectivity index (χ4n) is 4.69. The van der Waals surface area contributed by atoms with Gasteiger partial charge >= 0.3 is 0 Å². The minimum Gasteiger partial charge on any atom is -0.0625 e. The highest BCUT2D eigenvalue weighted by Gasteiger charge is 2.51. The van der Waals surface area contributed by atoms with Gasteiger partial charge in [0.05, 0.1) is 0 Å². The Balaban J connectivity index is 2.35. The fourth-order valence-corrected chi connectivity index (χ4v) is 9.36. The van der Waals surface area contributed by atoms with Crippen LogP contribution in [0.5, 0.6) is 0 Å². The molecule has 2 unspecified atom stereocenters. The summed E-state index contributed by atoms with van der Waals surface area (Å²) < 4.78 is 0. The molecule has 0 N–H and O–H groups in total. The van der Waals surface area contributed by atoms with Crippen LogP contribution in [0, 0.1) is 6.08 Å². The number of aryl methyl sites for hydroxylation is 2. The molecule has 0 aliphatic heterocycles. The minimum absolute atomic E-state index is 0.0279. The Morgan fingerprint density at radius 2 is 1.41 bits per heavy atom. The molecule has 0 amide bonds. The van der Waals surface area contributed by atoms with Crippen molar-refractivity contribution in [3.63, 3.8) is 0 Å². The summed E-state index contributed by atoms with van der Waals surface area (Å²) in [6.07, 6.45) is 6.12. The summed E-state index contributed by atoms with van der Waals surface area (Å²) in [5.74, 6) is 0. The Morgan fingerprint density at radius 1 is 0.852 bits per heavy atom. The van der Waals surface area contributed by atoms with Gasteiger partial charge in [0.25, 0.3) is 0 Å². The molecule has 1 aliphatic rings. The zero-order valence-corrected chi connectivity index (χ0v) is 19.0. The highest BCUT2D eigenvalue weighted by atomic mass is 28.3. The van der Waals surface area contributed by atoms with Crippen LogP contribution in [0.2, 0.25) is 11.6 Å². The summed E-state index contributed by atoms with van der Waals surface area (Å²) in [6, 6.07) is 18.6. The molecule has 0 nitrogen and oxygen atoms in total. The number of hydrogen-bond donors (Lipinski definition) is 0. The molecule has 1 heteroatoms. The first-order valence-electron chi connectivity index (χ1n) is 10.3. The Bertz CT molecular complexity index is 881. The van der Waals surface area contributed by atoms with E-state index >= 15 is 0 Å². The van der Waals surface area contributed by atoms with Crippen molar-refractivity contribution in [2.45, 2.75) is 66.0 Å². The van der Waals surface area contributed by atoms with Gasteiger partial charge in [0.15, 0.2) is 0 Å². The molecule has 0 aromatic heterocycles. The van der Waals surface area contributed by atoms with Crippen molar-refractivity contribution < 1.29 is 0 Å². The Kier molecular flexibility index (Phi) is 5.36. The van der Waals surface area contributed by atoms with E-state index in [-0.39, 0.29) is 5.04 Å². The van der Waals surface area contributed by atoms with E-state index in [0.717, 1.165) is 12.8 Å². The predicted molar refractivity (Wildman–Crippen MR) is 122 cm³/mol. The summed E-state index contributed by atoms with van der Waals surface area (Å²) in [4.78, 5) is 0. The summed E-state index contributed by atoms with van der Waals surface area (Å²) in [5.41, 5.74) is 7.17. The van der Waals surface area contributed by atoms with E-state index in [4.69, 9.17) is 0 Å². The van der Waals surface area contributed by atoms with E-state index in [2.05, 4.69) is 103 Å². The van der Waals surface area contributed by atoms with Crippen LogP contribution in [-0.2, 0) is 12.8 Å². The molecule has 141 valence electrons. The van der Waals surface area contributed by atoms with Gasteiger partial charge in [-0.25, -0.2) is 0 Å². The quantitative estimate of drug-likeness (QED) is 0.576. The molecule has 0 heterocycles. The summed E-state index contributed by atoms with van der Waals surface area (Å²) in [6.45, 7) is 16.3. The Hall–Kier alpha value is -1.86. The first-order chi connectivity index (χ1) is 12.8. The zero-order valence-electron chi connectivity index (χ0n) is 18.0. The molecule has 3 rings (SSSR count). The van der Waals surface area contributed by atoms with Crippen molar-refractivity contribution in [2.24, 2.45) is 0 Å². The lowest BCUT2D eigenvalue weighted by molar-refractivity contribution is 0.842. The maximum atomic E-state index is 3.95. The minimum atomic E-state index is -2.12. The van der Waals surface area contributed by atoms with Crippen molar-refractivity contribution >= 4 is 18.4 Å². The Morgan fingerprint density at radius 3 is 1.85 bits per heavy atom. The van der Waals surface area contributed by atoms with Crippen molar-refractivity contribution in [1.82, 2.24) is 0 Å². The van der Waals surface area contributed by atoms with Gasteiger partial charge in [-0.3, -0.25) is 0 Å². The number of rotatable bonds is 5. The van der Waals surface area contributed by atoms with E-state index in [1.807, 2.05) is 0 Å². The highest BCUT2D eigenvalue weighted by molar-refractivity contribution is 7.04. The third kappa shape index (κ3) is 3.06.